The molecule has 8 heteroatoms. The highest BCUT2D eigenvalue weighted by Crippen LogP contribution is 2.27. The number of pyridine rings is 1. The number of hydrogen-bond acceptors (Lipinski definition) is 7. The number of fused-ring (bicyclic) bond motifs is 2. The molecule has 6 rings (SSSR count). The zero-order valence-corrected chi connectivity index (χ0v) is 21.0. The van der Waals surface area contributed by atoms with Crippen molar-refractivity contribution in [3.63, 3.8) is 0 Å². The Labute approximate surface area is 214 Å². The number of hydrogen-bond donors (Lipinski definition) is 0. The van der Waals surface area contributed by atoms with Crippen LogP contribution in [0.15, 0.2) is 70.2 Å². The van der Waals surface area contributed by atoms with E-state index in [2.05, 4.69) is 37.1 Å². The number of rotatable bonds is 6. The molecule has 0 saturated heterocycles. The number of nitrogens with zero attached hydrogens (tertiary/aromatic N) is 6. The summed E-state index contributed by atoms with van der Waals surface area (Å²) in [6.07, 6.45) is 4.89. The van der Waals surface area contributed by atoms with Gasteiger partial charge in [-0.1, -0.05) is 48.5 Å². The van der Waals surface area contributed by atoms with E-state index in [4.69, 9.17) is 4.52 Å². The van der Waals surface area contributed by atoms with Crippen LogP contribution in [-0.2, 0) is 32.5 Å². The highest BCUT2D eigenvalue weighted by atomic mass is 16.5. The van der Waals surface area contributed by atoms with Crippen LogP contribution in [0.4, 0.5) is 0 Å². The standard InChI is InChI=1S/C29H28N6O2/c1-3-27-32-26(33-37-27)18-35-25-11-14-34(16-20-8-6-10-24-28(20)31-13-12-30-24)17-21(25)15-23(29(35)36)22-9-5-4-7-19(22)2/h4-10,12-13,15H,3,11,14,16-18H2,1-2H3. The first-order valence-electron chi connectivity index (χ1n) is 12.6. The van der Waals surface area contributed by atoms with Crippen LogP contribution in [0.5, 0.6) is 0 Å². The summed E-state index contributed by atoms with van der Waals surface area (Å²) in [4.78, 5) is 29.8. The average Bonchev–Trinajstić information content (AvgIpc) is 3.38. The van der Waals surface area contributed by atoms with Crippen LogP contribution in [0, 0.1) is 6.92 Å². The molecule has 0 saturated carbocycles. The molecule has 0 atom stereocenters. The zero-order chi connectivity index (χ0) is 25.4. The first kappa shape index (κ1) is 23.2. The molecule has 0 unspecified atom stereocenters. The minimum absolute atomic E-state index is 0.0197. The topological polar surface area (TPSA) is 89.9 Å². The van der Waals surface area contributed by atoms with E-state index in [9.17, 15) is 4.79 Å². The lowest BCUT2D eigenvalue weighted by molar-refractivity contribution is 0.241. The molecule has 1 aliphatic rings. The van der Waals surface area contributed by atoms with Crippen molar-refractivity contribution in [1.82, 2.24) is 29.6 Å². The normalized spacial score (nSPS) is 13.7. The molecule has 0 N–H and O–H groups in total. The van der Waals surface area contributed by atoms with Crippen LogP contribution in [0.25, 0.3) is 22.2 Å². The second kappa shape index (κ2) is 9.71. The van der Waals surface area contributed by atoms with Gasteiger partial charge in [0.2, 0.25) is 5.89 Å². The molecule has 4 heterocycles. The van der Waals surface area contributed by atoms with Crippen LogP contribution in [0.1, 0.15) is 41.0 Å². The summed E-state index contributed by atoms with van der Waals surface area (Å²) in [7, 11) is 0. The van der Waals surface area contributed by atoms with Crippen molar-refractivity contribution in [2.45, 2.75) is 46.3 Å². The fourth-order valence-electron chi connectivity index (χ4n) is 5.21. The van der Waals surface area contributed by atoms with E-state index < -0.39 is 0 Å². The van der Waals surface area contributed by atoms with Crippen LogP contribution >= 0.6 is 0 Å². The quantitative estimate of drug-likeness (QED) is 0.349. The van der Waals surface area contributed by atoms with Gasteiger partial charge >= 0.3 is 0 Å². The van der Waals surface area contributed by atoms with Gasteiger partial charge in [0.25, 0.3) is 5.56 Å². The van der Waals surface area contributed by atoms with Crippen molar-refractivity contribution < 1.29 is 4.52 Å². The van der Waals surface area contributed by atoms with Crippen molar-refractivity contribution in [3.8, 4) is 11.1 Å². The third kappa shape index (κ3) is 4.44. The summed E-state index contributed by atoms with van der Waals surface area (Å²) >= 11 is 0. The molecule has 8 nitrogen and oxygen atoms in total. The van der Waals surface area contributed by atoms with Gasteiger partial charge in [-0.15, -0.1) is 0 Å². The van der Waals surface area contributed by atoms with E-state index in [1.807, 2.05) is 54.8 Å². The molecule has 0 aliphatic carbocycles. The van der Waals surface area contributed by atoms with Gasteiger partial charge in [-0.2, -0.15) is 4.98 Å². The van der Waals surface area contributed by atoms with Crippen molar-refractivity contribution >= 4 is 11.0 Å². The van der Waals surface area contributed by atoms with E-state index in [1.54, 1.807) is 12.4 Å². The smallest absolute Gasteiger partial charge is 0.259 e. The van der Waals surface area contributed by atoms with Gasteiger partial charge in [0, 0.05) is 56.1 Å². The molecule has 0 radical (unpaired) electrons. The lowest BCUT2D eigenvalue weighted by Crippen LogP contribution is -2.36. The van der Waals surface area contributed by atoms with E-state index in [0.29, 0.717) is 30.2 Å². The monoisotopic (exact) mass is 492 g/mol. The Bertz CT molecular complexity index is 1650. The maximum atomic E-state index is 13.8. The van der Waals surface area contributed by atoms with Crippen LogP contribution in [0.3, 0.4) is 0 Å². The third-order valence-electron chi connectivity index (χ3n) is 7.07. The Balaban J connectivity index is 1.40. The Morgan fingerprint density at radius 3 is 2.70 bits per heavy atom. The summed E-state index contributed by atoms with van der Waals surface area (Å²) in [5.74, 6) is 1.11. The van der Waals surface area contributed by atoms with E-state index >= 15 is 0 Å². The van der Waals surface area contributed by atoms with Crippen LogP contribution in [-0.4, -0.2) is 36.1 Å². The molecule has 1 aliphatic heterocycles. The summed E-state index contributed by atoms with van der Waals surface area (Å²) in [5.41, 5.74) is 7.88. The molecule has 0 spiro atoms. The van der Waals surface area contributed by atoms with E-state index in [-0.39, 0.29) is 5.56 Å². The van der Waals surface area contributed by atoms with Crippen LogP contribution in [0.2, 0.25) is 0 Å². The van der Waals surface area contributed by atoms with Gasteiger partial charge in [0.05, 0.1) is 17.6 Å². The molecule has 0 fully saturated rings. The van der Waals surface area contributed by atoms with Gasteiger partial charge < -0.3 is 9.09 Å². The molecule has 3 aromatic heterocycles. The predicted molar refractivity (Wildman–Crippen MR) is 141 cm³/mol. The third-order valence-corrected chi connectivity index (χ3v) is 7.07. The van der Waals surface area contributed by atoms with Crippen molar-refractivity contribution in [1.29, 1.82) is 0 Å². The minimum Gasteiger partial charge on any atom is -0.339 e. The maximum absolute atomic E-state index is 13.8. The van der Waals surface area contributed by atoms with Gasteiger partial charge in [0.15, 0.2) is 5.82 Å². The predicted octanol–water partition coefficient (Wildman–Crippen LogP) is 4.32. The van der Waals surface area contributed by atoms with Gasteiger partial charge in [-0.05, 0) is 41.3 Å². The molecule has 0 bridgehead atoms. The lowest BCUT2D eigenvalue weighted by atomic mass is 9.96. The van der Waals surface area contributed by atoms with Crippen molar-refractivity contribution in [3.05, 3.63) is 105 Å². The second-order valence-electron chi connectivity index (χ2n) is 9.50. The average molecular weight is 493 g/mol. The van der Waals surface area contributed by atoms with Crippen LogP contribution < -0.4 is 5.56 Å². The Morgan fingerprint density at radius 2 is 1.86 bits per heavy atom. The summed E-state index contributed by atoms with van der Waals surface area (Å²) in [5, 5.41) is 4.12. The summed E-state index contributed by atoms with van der Waals surface area (Å²) < 4.78 is 7.18. The first-order chi connectivity index (χ1) is 18.1. The molecule has 2 aromatic carbocycles. The van der Waals surface area contributed by atoms with Gasteiger partial charge in [-0.3, -0.25) is 19.7 Å². The van der Waals surface area contributed by atoms with Gasteiger partial charge in [0.1, 0.15) is 0 Å². The van der Waals surface area contributed by atoms with Crippen molar-refractivity contribution in [2.75, 3.05) is 6.54 Å². The molecule has 5 aromatic rings. The molecule has 0 amide bonds. The zero-order valence-electron chi connectivity index (χ0n) is 21.0. The largest absolute Gasteiger partial charge is 0.339 e. The first-order valence-corrected chi connectivity index (χ1v) is 12.6. The summed E-state index contributed by atoms with van der Waals surface area (Å²) in [6.45, 7) is 6.64. The Kier molecular flexibility index (Phi) is 6.10. The number of benzene rings is 2. The maximum Gasteiger partial charge on any atom is 0.259 e. The Hall–Kier alpha value is -4.17. The van der Waals surface area contributed by atoms with Crippen molar-refractivity contribution in [2.24, 2.45) is 0 Å². The second-order valence-corrected chi connectivity index (χ2v) is 9.50. The highest BCUT2D eigenvalue weighted by molar-refractivity contribution is 5.77. The molecule has 37 heavy (non-hydrogen) atoms. The number of aryl methyl sites for hydroxylation is 2. The summed E-state index contributed by atoms with van der Waals surface area (Å²) in [6, 6.07) is 16.3. The van der Waals surface area contributed by atoms with E-state index in [0.717, 1.165) is 65.0 Å². The van der Waals surface area contributed by atoms with Gasteiger partial charge in [-0.25, -0.2) is 0 Å². The fourth-order valence-corrected chi connectivity index (χ4v) is 5.21. The highest BCUT2D eigenvalue weighted by Gasteiger charge is 2.24. The molecular weight excluding hydrogens is 464 g/mol. The molecular formula is C29H28N6O2. The number of aromatic nitrogens is 5. The SMILES string of the molecule is CCc1nc(Cn2c3c(cc(-c4ccccc4C)c2=O)CN(Cc2cccc4nccnc24)CC3)no1. The number of para-hydroxylation sites is 1. The minimum atomic E-state index is -0.0197. The fraction of sp³-hybridized carbons (Fsp3) is 0.276. The van der Waals surface area contributed by atoms with E-state index in [1.165, 1.54) is 0 Å². The molecule has 186 valence electrons. The lowest BCUT2D eigenvalue weighted by Gasteiger charge is -2.31. The Morgan fingerprint density at radius 1 is 1.00 bits per heavy atom.